The Morgan fingerprint density at radius 3 is 2.29 bits per heavy atom. The van der Waals surface area contributed by atoms with Crippen LogP contribution in [0, 0.1) is 0 Å². The summed E-state index contributed by atoms with van der Waals surface area (Å²) in [6.45, 7) is 6.92. The maximum absolute atomic E-state index is 13.0. The summed E-state index contributed by atoms with van der Waals surface area (Å²) in [6, 6.07) is 5.71. The Morgan fingerprint density at radius 1 is 1.06 bits per heavy atom. The van der Waals surface area contributed by atoms with E-state index >= 15 is 0 Å². The van der Waals surface area contributed by atoms with Gasteiger partial charge in [0.15, 0.2) is 0 Å². The highest BCUT2D eigenvalue weighted by atomic mass is 32.2. The Balaban J connectivity index is 1.87. The highest BCUT2D eigenvalue weighted by Crippen LogP contribution is 2.37. The maximum atomic E-state index is 13.0. The third-order valence-electron chi connectivity index (χ3n) is 5.51. The van der Waals surface area contributed by atoms with Crippen molar-refractivity contribution in [2.24, 2.45) is 0 Å². The molecule has 3 N–H and O–H groups in total. The molecule has 1 aromatic heterocycles. The lowest BCUT2D eigenvalue weighted by Crippen LogP contribution is -2.41. The second-order valence-corrected chi connectivity index (χ2v) is 10.9. The summed E-state index contributed by atoms with van der Waals surface area (Å²) < 4.78 is 26.7. The number of rotatable bonds is 7. The Hall–Kier alpha value is -2.80. The summed E-state index contributed by atoms with van der Waals surface area (Å²) in [7, 11) is -1.65. The Morgan fingerprint density at radius 2 is 1.71 bits per heavy atom. The number of amides is 3. The highest BCUT2D eigenvalue weighted by molar-refractivity contribution is 7.89. The van der Waals surface area contributed by atoms with Crippen LogP contribution in [0.3, 0.4) is 0 Å². The molecule has 3 amide bonds. The second kappa shape index (κ2) is 10.6. The predicted octanol–water partition coefficient (Wildman–Crippen LogP) is 1.80. The summed E-state index contributed by atoms with van der Waals surface area (Å²) in [4.78, 5) is 40.2. The molecule has 1 aliphatic rings. The van der Waals surface area contributed by atoms with Gasteiger partial charge < -0.3 is 10.2 Å². The maximum Gasteiger partial charge on any atom is 0.272 e. The molecule has 0 spiro atoms. The van der Waals surface area contributed by atoms with Crippen molar-refractivity contribution in [3.8, 4) is 0 Å². The van der Waals surface area contributed by atoms with E-state index in [4.69, 9.17) is 0 Å². The van der Waals surface area contributed by atoms with Crippen LogP contribution < -0.4 is 16.2 Å². The van der Waals surface area contributed by atoms with E-state index in [1.165, 1.54) is 46.8 Å². The van der Waals surface area contributed by atoms with Crippen molar-refractivity contribution >= 4 is 44.1 Å². The molecule has 2 aromatic rings. The molecule has 0 bridgehead atoms. The third kappa shape index (κ3) is 5.46. The molecular formula is C22H29N5O5S2. The van der Waals surface area contributed by atoms with E-state index in [-0.39, 0.29) is 10.5 Å². The molecule has 0 saturated carbocycles. The van der Waals surface area contributed by atoms with Gasteiger partial charge in [-0.15, -0.1) is 11.3 Å². The molecule has 34 heavy (non-hydrogen) atoms. The predicted molar refractivity (Wildman–Crippen MR) is 130 cm³/mol. The number of anilines is 1. The molecule has 0 radical (unpaired) electrons. The molecule has 1 aliphatic heterocycles. The molecule has 12 heteroatoms. The van der Waals surface area contributed by atoms with Crippen LogP contribution in [0.2, 0.25) is 0 Å². The smallest absolute Gasteiger partial charge is 0.272 e. The first-order chi connectivity index (χ1) is 16.1. The summed E-state index contributed by atoms with van der Waals surface area (Å²) in [6.07, 6.45) is 0.638. The Labute approximate surface area is 203 Å². The van der Waals surface area contributed by atoms with E-state index in [1.54, 1.807) is 13.8 Å². The quantitative estimate of drug-likeness (QED) is 0.491. The number of hydrogen-bond acceptors (Lipinski definition) is 7. The van der Waals surface area contributed by atoms with E-state index in [9.17, 15) is 22.8 Å². The number of likely N-dealkylation sites (N-methyl/N-ethyl adjacent to an activating group) is 1. The topological polar surface area (TPSA) is 128 Å². The molecule has 0 fully saturated rings. The summed E-state index contributed by atoms with van der Waals surface area (Å²) >= 11 is 1.32. The average Bonchev–Trinajstić information content (AvgIpc) is 3.14. The van der Waals surface area contributed by atoms with Gasteiger partial charge in [0.1, 0.15) is 5.00 Å². The first-order valence-electron chi connectivity index (χ1n) is 10.9. The minimum Gasteiger partial charge on any atom is -0.313 e. The number of thiophene rings is 1. The van der Waals surface area contributed by atoms with Gasteiger partial charge in [-0.3, -0.25) is 25.2 Å². The van der Waals surface area contributed by atoms with Gasteiger partial charge in [0, 0.05) is 43.5 Å². The van der Waals surface area contributed by atoms with Gasteiger partial charge in [0.25, 0.3) is 11.8 Å². The minimum absolute atomic E-state index is 0.109. The normalized spacial score (nSPS) is 13.9. The fourth-order valence-electron chi connectivity index (χ4n) is 3.73. The van der Waals surface area contributed by atoms with E-state index in [0.717, 1.165) is 17.0 Å². The average molecular weight is 508 g/mol. The van der Waals surface area contributed by atoms with Crippen molar-refractivity contribution in [1.29, 1.82) is 0 Å². The summed E-state index contributed by atoms with van der Waals surface area (Å²) in [5.74, 6) is -1.39. The lowest BCUT2D eigenvalue weighted by molar-refractivity contribution is -0.119. The highest BCUT2D eigenvalue weighted by Gasteiger charge is 2.28. The van der Waals surface area contributed by atoms with E-state index < -0.39 is 27.7 Å². The number of carbonyl (C=O) groups is 3. The van der Waals surface area contributed by atoms with Crippen LogP contribution in [0.4, 0.5) is 5.00 Å². The largest absolute Gasteiger partial charge is 0.313 e. The number of hydrazine groups is 1. The van der Waals surface area contributed by atoms with Crippen molar-refractivity contribution in [1.82, 2.24) is 20.1 Å². The zero-order valence-electron chi connectivity index (χ0n) is 19.6. The Bertz CT molecular complexity index is 1190. The standard InChI is InChI=1S/C22H29N5O5S2/c1-5-27(6-2)34(31,32)16-9-7-15(8-10-16)20(29)23-22-19(21(30)25-24-14(3)28)17-11-12-26(4)13-18(17)33-22/h7-10H,5-6,11-13H2,1-4H3,(H,23,29)(H,24,28)(H,25,30). The number of nitrogens with zero attached hydrogens (tertiary/aromatic N) is 2. The van der Waals surface area contributed by atoms with Crippen LogP contribution in [-0.2, 0) is 27.8 Å². The van der Waals surface area contributed by atoms with Crippen molar-refractivity contribution in [2.75, 3.05) is 32.0 Å². The molecule has 3 rings (SSSR count). The van der Waals surface area contributed by atoms with E-state index in [1.807, 2.05) is 7.05 Å². The molecule has 0 saturated heterocycles. The van der Waals surface area contributed by atoms with Crippen molar-refractivity contribution in [3.63, 3.8) is 0 Å². The van der Waals surface area contributed by atoms with Gasteiger partial charge in [-0.1, -0.05) is 13.8 Å². The van der Waals surface area contributed by atoms with Crippen LogP contribution in [0.15, 0.2) is 29.2 Å². The lowest BCUT2D eigenvalue weighted by atomic mass is 10.0. The van der Waals surface area contributed by atoms with Gasteiger partial charge in [0.05, 0.1) is 10.5 Å². The van der Waals surface area contributed by atoms with Crippen molar-refractivity contribution in [3.05, 3.63) is 45.8 Å². The fourth-order valence-corrected chi connectivity index (χ4v) is 6.51. The number of fused-ring (bicyclic) bond motifs is 1. The lowest BCUT2D eigenvalue weighted by Gasteiger charge is -2.22. The summed E-state index contributed by atoms with van der Waals surface area (Å²) in [5.41, 5.74) is 6.10. The molecular weight excluding hydrogens is 478 g/mol. The van der Waals surface area contributed by atoms with Gasteiger partial charge in [-0.05, 0) is 43.3 Å². The molecule has 0 atom stereocenters. The monoisotopic (exact) mass is 507 g/mol. The minimum atomic E-state index is -3.63. The number of hydrogen-bond donors (Lipinski definition) is 3. The number of sulfonamides is 1. The first kappa shape index (κ1) is 25.8. The Kier molecular flexibility index (Phi) is 8.08. The van der Waals surface area contributed by atoms with Crippen molar-refractivity contribution in [2.45, 2.75) is 38.6 Å². The van der Waals surface area contributed by atoms with E-state index in [2.05, 4.69) is 21.1 Å². The number of nitrogens with one attached hydrogen (secondary N) is 3. The molecule has 0 aliphatic carbocycles. The van der Waals surface area contributed by atoms with Gasteiger partial charge in [0.2, 0.25) is 15.9 Å². The number of benzene rings is 1. The van der Waals surface area contributed by atoms with Crippen LogP contribution in [0.5, 0.6) is 0 Å². The van der Waals surface area contributed by atoms with E-state index in [0.29, 0.717) is 36.6 Å². The molecule has 1 aromatic carbocycles. The van der Waals surface area contributed by atoms with Crippen LogP contribution in [-0.4, -0.2) is 62.0 Å². The van der Waals surface area contributed by atoms with Crippen molar-refractivity contribution < 1.29 is 22.8 Å². The summed E-state index contributed by atoms with van der Waals surface area (Å²) in [5, 5.41) is 3.18. The molecule has 184 valence electrons. The number of carbonyl (C=O) groups excluding carboxylic acids is 3. The first-order valence-corrected chi connectivity index (χ1v) is 13.2. The molecule has 0 unspecified atom stereocenters. The second-order valence-electron chi connectivity index (χ2n) is 7.90. The molecule has 2 heterocycles. The van der Waals surface area contributed by atoms with Gasteiger partial charge in [-0.25, -0.2) is 8.42 Å². The fraction of sp³-hybridized carbons (Fsp3) is 0.409. The zero-order valence-corrected chi connectivity index (χ0v) is 21.2. The zero-order chi connectivity index (χ0) is 25.0. The van der Waals surface area contributed by atoms with Crippen LogP contribution in [0.25, 0.3) is 0 Å². The van der Waals surface area contributed by atoms with Gasteiger partial charge in [-0.2, -0.15) is 4.31 Å². The van der Waals surface area contributed by atoms with Crippen LogP contribution >= 0.6 is 11.3 Å². The van der Waals surface area contributed by atoms with Gasteiger partial charge >= 0.3 is 0 Å². The molecule has 10 nitrogen and oxygen atoms in total. The third-order valence-corrected chi connectivity index (χ3v) is 8.71. The SMILES string of the molecule is CCN(CC)S(=O)(=O)c1ccc(C(=O)Nc2sc3c(c2C(=O)NNC(C)=O)CCN(C)C3)cc1. The van der Waals surface area contributed by atoms with Crippen LogP contribution in [0.1, 0.15) is 51.9 Å².